The molecule has 0 amide bonds. The summed E-state index contributed by atoms with van der Waals surface area (Å²) in [6, 6.07) is 1.64. The van der Waals surface area contributed by atoms with Crippen LogP contribution in [0.2, 0.25) is 0 Å². The van der Waals surface area contributed by atoms with Gasteiger partial charge in [0.05, 0.1) is 29.4 Å². The molecule has 1 atom stereocenters. The second-order valence-electron chi connectivity index (χ2n) is 5.18. The fourth-order valence-electron chi connectivity index (χ4n) is 2.76. The lowest BCUT2D eigenvalue weighted by Crippen LogP contribution is -2.15. The van der Waals surface area contributed by atoms with Crippen LogP contribution in [0.15, 0.2) is 21.4 Å². The van der Waals surface area contributed by atoms with Crippen molar-refractivity contribution >= 4 is 31.6 Å². The lowest BCUT2D eigenvalue weighted by Gasteiger charge is -2.10. The van der Waals surface area contributed by atoms with Crippen molar-refractivity contribution in [1.29, 1.82) is 0 Å². The van der Waals surface area contributed by atoms with Crippen LogP contribution in [0.25, 0.3) is 11.3 Å². The Balaban J connectivity index is 2.08. The first-order valence-corrected chi connectivity index (χ1v) is 9.35. The van der Waals surface area contributed by atoms with Crippen LogP contribution in [0.1, 0.15) is 24.9 Å². The molecule has 8 heteroatoms. The second-order valence-corrected chi connectivity index (χ2v) is 8.12. The summed E-state index contributed by atoms with van der Waals surface area (Å²) in [5.74, 6) is 0.847. The van der Waals surface area contributed by atoms with Gasteiger partial charge in [0.2, 0.25) is 0 Å². The van der Waals surface area contributed by atoms with E-state index < -0.39 is 9.84 Å². The molecule has 114 valence electrons. The molecule has 1 saturated heterocycles. The highest BCUT2D eigenvalue weighted by Crippen LogP contribution is 2.36. The minimum atomic E-state index is -2.98. The Kier molecular flexibility index (Phi) is 3.61. The van der Waals surface area contributed by atoms with Gasteiger partial charge in [-0.3, -0.25) is 0 Å². The fourth-order valence-corrected chi connectivity index (χ4v) is 4.88. The number of hydrogen-bond acceptors (Lipinski definition) is 5. The van der Waals surface area contributed by atoms with Crippen LogP contribution in [0.5, 0.6) is 0 Å². The molecule has 21 heavy (non-hydrogen) atoms. The van der Waals surface area contributed by atoms with E-state index in [-0.39, 0.29) is 17.5 Å². The molecule has 1 unspecified atom stereocenters. The maximum absolute atomic E-state index is 11.7. The van der Waals surface area contributed by atoms with Crippen LogP contribution in [-0.4, -0.2) is 29.7 Å². The third kappa shape index (κ3) is 2.50. The number of nitrogens with two attached hydrogens (primary N) is 1. The zero-order valence-corrected chi connectivity index (χ0v) is 13.9. The van der Waals surface area contributed by atoms with Crippen molar-refractivity contribution in [2.75, 3.05) is 17.2 Å². The molecule has 6 nitrogen and oxygen atoms in total. The number of halogens is 1. The number of nitrogens with zero attached hydrogens (tertiary/aromatic N) is 2. The number of aromatic nitrogens is 2. The summed E-state index contributed by atoms with van der Waals surface area (Å²) in [6.45, 7) is 2.00. The normalized spacial score (nSPS) is 21.0. The summed E-state index contributed by atoms with van der Waals surface area (Å²) in [5, 5.41) is 4.57. The van der Waals surface area contributed by atoms with Crippen LogP contribution in [-0.2, 0) is 16.3 Å². The highest BCUT2D eigenvalue weighted by molar-refractivity contribution is 9.10. The predicted molar refractivity (Wildman–Crippen MR) is 83.7 cm³/mol. The second kappa shape index (κ2) is 5.17. The molecule has 3 rings (SSSR count). The number of nitrogen functional groups attached to an aromatic ring is 1. The molecule has 0 aromatic carbocycles. The molecule has 1 fully saturated rings. The summed E-state index contributed by atoms with van der Waals surface area (Å²) in [4.78, 5) is 0. The summed E-state index contributed by atoms with van der Waals surface area (Å²) in [6.07, 6.45) is 2.86. The standard InChI is InChI=1S/C13H16BrN3O3S/c1-2-9-11(10-3-5-20-12(10)14)16-17(13(9)15)8-4-6-21(18,19)7-8/h3,5,8H,2,4,6-7,15H2,1H3. The minimum absolute atomic E-state index is 0.105. The van der Waals surface area contributed by atoms with E-state index >= 15 is 0 Å². The number of furan rings is 1. The molecule has 0 bridgehead atoms. The maximum Gasteiger partial charge on any atom is 0.178 e. The van der Waals surface area contributed by atoms with Gasteiger partial charge in [-0.2, -0.15) is 5.10 Å². The molecule has 2 aromatic heterocycles. The van der Waals surface area contributed by atoms with E-state index in [4.69, 9.17) is 10.2 Å². The highest BCUT2D eigenvalue weighted by Gasteiger charge is 2.32. The van der Waals surface area contributed by atoms with Crippen molar-refractivity contribution in [2.24, 2.45) is 0 Å². The van der Waals surface area contributed by atoms with Gasteiger partial charge in [-0.1, -0.05) is 6.92 Å². The van der Waals surface area contributed by atoms with E-state index in [0.29, 0.717) is 16.9 Å². The van der Waals surface area contributed by atoms with Crippen molar-refractivity contribution in [1.82, 2.24) is 9.78 Å². The predicted octanol–water partition coefficient (Wildman–Crippen LogP) is 2.41. The highest BCUT2D eigenvalue weighted by atomic mass is 79.9. The Bertz CT molecular complexity index is 779. The number of anilines is 1. The van der Waals surface area contributed by atoms with Gasteiger partial charge >= 0.3 is 0 Å². The molecule has 3 heterocycles. The van der Waals surface area contributed by atoms with Gasteiger partial charge in [0.15, 0.2) is 14.5 Å². The average Bonchev–Trinajstić information content (AvgIpc) is 3.07. The Morgan fingerprint density at radius 2 is 2.33 bits per heavy atom. The van der Waals surface area contributed by atoms with Crippen molar-refractivity contribution < 1.29 is 12.8 Å². The lowest BCUT2D eigenvalue weighted by molar-refractivity contribution is 0.507. The van der Waals surface area contributed by atoms with E-state index in [1.165, 1.54) is 0 Å². The van der Waals surface area contributed by atoms with Crippen molar-refractivity contribution in [3.05, 3.63) is 22.6 Å². The monoisotopic (exact) mass is 373 g/mol. The summed E-state index contributed by atoms with van der Waals surface area (Å²) >= 11 is 3.35. The van der Waals surface area contributed by atoms with Gasteiger partial charge in [-0.15, -0.1) is 0 Å². The third-order valence-corrected chi connectivity index (χ3v) is 6.19. The van der Waals surface area contributed by atoms with Crippen LogP contribution >= 0.6 is 15.9 Å². The van der Waals surface area contributed by atoms with E-state index in [0.717, 1.165) is 23.2 Å². The molecular formula is C13H16BrN3O3S. The smallest absolute Gasteiger partial charge is 0.178 e. The minimum Gasteiger partial charge on any atom is -0.457 e. The van der Waals surface area contributed by atoms with Gasteiger partial charge in [0, 0.05) is 5.56 Å². The van der Waals surface area contributed by atoms with Gasteiger partial charge in [-0.25, -0.2) is 13.1 Å². The maximum atomic E-state index is 11.7. The summed E-state index contributed by atoms with van der Waals surface area (Å²) < 4.78 is 30.9. The van der Waals surface area contributed by atoms with Crippen LogP contribution < -0.4 is 5.73 Å². The van der Waals surface area contributed by atoms with Crippen molar-refractivity contribution in [3.8, 4) is 11.3 Å². The number of hydrogen-bond donors (Lipinski definition) is 1. The van der Waals surface area contributed by atoms with Gasteiger partial charge in [0.25, 0.3) is 0 Å². The summed E-state index contributed by atoms with van der Waals surface area (Å²) in [5.41, 5.74) is 8.70. The molecule has 0 radical (unpaired) electrons. The van der Waals surface area contributed by atoms with Gasteiger partial charge < -0.3 is 10.2 Å². The fraction of sp³-hybridized carbons (Fsp3) is 0.462. The molecule has 0 aliphatic carbocycles. The zero-order valence-electron chi connectivity index (χ0n) is 11.5. The molecular weight excluding hydrogens is 358 g/mol. The Labute approximate surface area is 131 Å². The van der Waals surface area contributed by atoms with Crippen molar-refractivity contribution in [3.63, 3.8) is 0 Å². The first kappa shape index (κ1) is 14.6. The van der Waals surface area contributed by atoms with E-state index in [1.54, 1.807) is 10.9 Å². The largest absolute Gasteiger partial charge is 0.457 e. The van der Waals surface area contributed by atoms with Gasteiger partial charge in [0.1, 0.15) is 11.5 Å². The number of sulfone groups is 1. The van der Waals surface area contributed by atoms with Gasteiger partial charge in [-0.05, 0) is 34.8 Å². The van der Waals surface area contributed by atoms with E-state index in [2.05, 4.69) is 21.0 Å². The Morgan fingerprint density at radius 1 is 1.57 bits per heavy atom. The van der Waals surface area contributed by atoms with Crippen molar-refractivity contribution in [2.45, 2.75) is 25.8 Å². The topological polar surface area (TPSA) is 91.1 Å². The molecule has 1 aliphatic rings. The molecule has 2 N–H and O–H groups in total. The molecule has 0 spiro atoms. The van der Waals surface area contributed by atoms with Crippen LogP contribution in [0, 0.1) is 0 Å². The molecule has 0 saturated carbocycles. The first-order valence-electron chi connectivity index (χ1n) is 6.73. The molecule has 2 aromatic rings. The number of rotatable bonds is 3. The summed E-state index contributed by atoms with van der Waals surface area (Å²) in [7, 11) is -2.98. The lowest BCUT2D eigenvalue weighted by atomic mass is 10.1. The zero-order chi connectivity index (χ0) is 15.2. The Morgan fingerprint density at radius 3 is 2.86 bits per heavy atom. The van der Waals surface area contributed by atoms with E-state index in [1.807, 2.05) is 13.0 Å². The average molecular weight is 374 g/mol. The third-order valence-electron chi connectivity index (χ3n) is 3.83. The van der Waals surface area contributed by atoms with E-state index in [9.17, 15) is 8.42 Å². The Hall–Kier alpha value is -1.28. The molecule has 1 aliphatic heterocycles. The van der Waals surface area contributed by atoms with Crippen LogP contribution in [0.4, 0.5) is 5.82 Å². The first-order chi connectivity index (χ1) is 9.93. The SMILES string of the molecule is CCc1c(-c2ccoc2Br)nn(C2CCS(=O)(=O)C2)c1N. The quantitative estimate of drug-likeness (QED) is 0.891. The van der Waals surface area contributed by atoms with Crippen LogP contribution in [0.3, 0.4) is 0 Å².